The van der Waals surface area contributed by atoms with Gasteiger partial charge in [-0.1, -0.05) is 29.8 Å². The van der Waals surface area contributed by atoms with Crippen molar-refractivity contribution in [1.29, 1.82) is 0 Å². The van der Waals surface area contributed by atoms with Crippen molar-refractivity contribution in [2.75, 3.05) is 32.5 Å². The van der Waals surface area contributed by atoms with E-state index in [4.69, 9.17) is 4.98 Å². The minimum Gasteiger partial charge on any atom is -0.371 e. The third-order valence-corrected chi connectivity index (χ3v) is 4.00. The summed E-state index contributed by atoms with van der Waals surface area (Å²) in [6.07, 6.45) is 3.15. The van der Waals surface area contributed by atoms with E-state index in [0.29, 0.717) is 0 Å². The normalized spacial score (nSPS) is 11.4. The topological polar surface area (TPSA) is 45.5 Å². The van der Waals surface area contributed by atoms with Crippen molar-refractivity contribution in [3.63, 3.8) is 0 Å². The maximum absolute atomic E-state index is 4.69. The summed E-state index contributed by atoms with van der Waals surface area (Å²) >= 11 is 0. The predicted octanol–water partition coefficient (Wildman–Crippen LogP) is 3.38. The molecular weight excluding hydrogens is 298 g/mol. The number of hydrogen-bond acceptors (Lipinski definition) is 4. The van der Waals surface area contributed by atoms with E-state index < -0.39 is 0 Å². The minimum atomic E-state index is 0.737. The summed E-state index contributed by atoms with van der Waals surface area (Å²) in [5.74, 6) is 1.78. The van der Waals surface area contributed by atoms with Crippen LogP contribution in [0.5, 0.6) is 0 Å². The van der Waals surface area contributed by atoms with Gasteiger partial charge in [0.05, 0.1) is 5.69 Å². The molecule has 0 radical (unpaired) electrons. The van der Waals surface area contributed by atoms with Crippen LogP contribution in [0.2, 0.25) is 0 Å². The molecule has 0 amide bonds. The van der Waals surface area contributed by atoms with Crippen LogP contribution in [0.15, 0.2) is 36.5 Å². The molecule has 0 spiro atoms. The fourth-order valence-electron chi connectivity index (χ4n) is 2.70. The Labute approximate surface area is 143 Å². The van der Waals surface area contributed by atoms with Crippen molar-refractivity contribution in [1.82, 2.24) is 19.3 Å². The summed E-state index contributed by atoms with van der Waals surface area (Å²) in [6, 6.07) is 10.5. The molecule has 3 rings (SSSR count). The van der Waals surface area contributed by atoms with Crippen LogP contribution in [0.1, 0.15) is 17.7 Å². The number of nitrogens with zero attached hydrogens (tertiary/aromatic N) is 4. The van der Waals surface area contributed by atoms with E-state index in [9.17, 15) is 0 Å². The Balaban J connectivity index is 1.87. The number of rotatable bonds is 6. The molecule has 0 atom stereocenters. The van der Waals surface area contributed by atoms with Crippen LogP contribution in [0.3, 0.4) is 0 Å². The first-order chi connectivity index (χ1) is 11.5. The van der Waals surface area contributed by atoms with Gasteiger partial charge in [0.25, 0.3) is 0 Å². The Morgan fingerprint density at radius 2 is 1.83 bits per heavy atom. The van der Waals surface area contributed by atoms with Crippen LogP contribution in [-0.2, 0) is 0 Å². The van der Waals surface area contributed by atoms with Crippen LogP contribution >= 0.6 is 0 Å². The van der Waals surface area contributed by atoms with Gasteiger partial charge in [0.1, 0.15) is 5.82 Å². The molecule has 1 N–H and O–H groups in total. The number of anilines is 1. The highest BCUT2D eigenvalue weighted by Gasteiger charge is 2.09. The number of aryl methyl sites for hydroxylation is 2. The number of hydrogen-bond donors (Lipinski definition) is 1. The Hall–Kier alpha value is -2.40. The van der Waals surface area contributed by atoms with Gasteiger partial charge in [-0.05, 0) is 40.9 Å². The molecular formula is C19H25N5. The number of fused-ring (bicyclic) bond motifs is 1. The Kier molecular flexibility index (Phi) is 4.81. The van der Waals surface area contributed by atoms with Gasteiger partial charge in [0.15, 0.2) is 0 Å². The molecule has 2 heterocycles. The van der Waals surface area contributed by atoms with Gasteiger partial charge < -0.3 is 10.2 Å². The van der Waals surface area contributed by atoms with Crippen molar-refractivity contribution in [3.05, 3.63) is 47.8 Å². The minimum absolute atomic E-state index is 0.737. The molecule has 1 aromatic carbocycles. The van der Waals surface area contributed by atoms with Crippen LogP contribution < -0.4 is 5.32 Å². The quantitative estimate of drug-likeness (QED) is 0.707. The highest BCUT2D eigenvalue weighted by atomic mass is 15.2. The summed E-state index contributed by atoms with van der Waals surface area (Å²) in [6.45, 7) is 6.09. The molecule has 5 nitrogen and oxygen atoms in total. The molecule has 0 aliphatic carbocycles. The third kappa shape index (κ3) is 3.74. The average Bonchev–Trinajstić information content (AvgIpc) is 2.95. The van der Waals surface area contributed by atoms with Gasteiger partial charge in [-0.25, -0.2) is 9.97 Å². The summed E-state index contributed by atoms with van der Waals surface area (Å²) in [5.41, 5.74) is 4.28. The monoisotopic (exact) mass is 323 g/mol. The molecule has 3 aromatic rings. The van der Waals surface area contributed by atoms with E-state index in [2.05, 4.69) is 72.7 Å². The number of aromatic nitrogens is 3. The van der Waals surface area contributed by atoms with E-state index in [0.717, 1.165) is 48.1 Å². The Bertz CT molecular complexity index is 818. The maximum Gasteiger partial charge on any atom is 0.236 e. The van der Waals surface area contributed by atoms with Crippen LogP contribution in [0.25, 0.3) is 17.0 Å². The lowest BCUT2D eigenvalue weighted by Crippen LogP contribution is -2.17. The van der Waals surface area contributed by atoms with Crippen molar-refractivity contribution >= 4 is 11.6 Å². The molecule has 0 bridgehead atoms. The first-order valence-electron chi connectivity index (χ1n) is 8.35. The first kappa shape index (κ1) is 16.5. The highest BCUT2D eigenvalue weighted by Crippen LogP contribution is 2.22. The Morgan fingerprint density at radius 3 is 2.54 bits per heavy atom. The summed E-state index contributed by atoms with van der Waals surface area (Å²) < 4.78 is 2.04. The molecule has 0 saturated heterocycles. The second-order valence-corrected chi connectivity index (χ2v) is 6.53. The lowest BCUT2D eigenvalue weighted by atomic mass is 10.1. The van der Waals surface area contributed by atoms with E-state index in [1.807, 2.05) is 11.3 Å². The summed E-state index contributed by atoms with van der Waals surface area (Å²) in [7, 11) is 4.19. The fraction of sp³-hybridized carbons (Fsp3) is 0.368. The van der Waals surface area contributed by atoms with Crippen LogP contribution in [0, 0.1) is 13.8 Å². The van der Waals surface area contributed by atoms with Gasteiger partial charge in [-0.3, -0.25) is 4.40 Å². The lowest BCUT2D eigenvalue weighted by Gasteiger charge is -2.12. The lowest BCUT2D eigenvalue weighted by molar-refractivity contribution is 0.405. The van der Waals surface area contributed by atoms with Gasteiger partial charge in [-0.15, -0.1) is 0 Å². The molecule has 0 saturated carbocycles. The predicted molar refractivity (Wildman–Crippen MR) is 99.6 cm³/mol. The van der Waals surface area contributed by atoms with Gasteiger partial charge >= 0.3 is 0 Å². The van der Waals surface area contributed by atoms with E-state index in [1.54, 1.807) is 0 Å². The standard InChI is InChI=1S/C19H25N5/c1-14-6-8-16(9-7-14)17-13-24-18(20-10-5-11-23(3)4)12-15(2)21-19(24)22-17/h6-9,12-13,20H,5,10-11H2,1-4H3. The number of imidazole rings is 1. The van der Waals surface area contributed by atoms with E-state index in [1.165, 1.54) is 5.56 Å². The van der Waals surface area contributed by atoms with Crippen molar-refractivity contribution in [3.8, 4) is 11.3 Å². The zero-order valence-corrected chi connectivity index (χ0v) is 14.9. The smallest absolute Gasteiger partial charge is 0.236 e. The maximum atomic E-state index is 4.69. The molecule has 2 aromatic heterocycles. The SMILES string of the molecule is Cc1ccc(-c2cn3c(NCCCN(C)C)cc(C)nc3n2)cc1. The van der Waals surface area contributed by atoms with Gasteiger partial charge in [0, 0.05) is 30.1 Å². The molecule has 0 aliphatic rings. The first-order valence-corrected chi connectivity index (χ1v) is 8.35. The van der Waals surface area contributed by atoms with Gasteiger partial charge in [0.2, 0.25) is 5.78 Å². The zero-order chi connectivity index (χ0) is 17.1. The van der Waals surface area contributed by atoms with Crippen molar-refractivity contribution in [2.45, 2.75) is 20.3 Å². The summed E-state index contributed by atoms with van der Waals surface area (Å²) in [4.78, 5) is 11.5. The highest BCUT2D eigenvalue weighted by molar-refractivity contribution is 5.63. The third-order valence-electron chi connectivity index (χ3n) is 4.00. The van der Waals surface area contributed by atoms with Crippen LogP contribution in [-0.4, -0.2) is 46.5 Å². The average molecular weight is 323 g/mol. The Morgan fingerprint density at radius 1 is 1.08 bits per heavy atom. The molecule has 0 aliphatic heterocycles. The van der Waals surface area contributed by atoms with E-state index >= 15 is 0 Å². The second kappa shape index (κ2) is 7.01. The van der Waals surface area contributed by atoms with E-state index in [-0.39, 0.29) is 0 Å². The second-order valence-electron chi connectivity index (χ2n) is 6.53. The molecule has 126 valence electrons. The molecule has 24 heavy (non-hydrogen) atoms. The molecule has 0 fully saturated rings. The largest absolute Gasteiger partial charge is 0.371 e. The zero-order valence-electron chi connectivity index (χ0n) is 14.9. The molecule has 5 heteroatoms. The number of nitrogens with one attached hydrogen (secondary N) is 1. The number of benzene rings is 1. The van der Waals surface area contributed by atoms with Crippen molar-refractivity contribution in [2.24, 2.45) is 0 Å². The fourth-order valence-corrected chi connectivity index (χ4v) is 2.70. The van der Waals surface area contributed by atoms with Crippen molar-refractivity contribution < 1.29 is 0 Å². The summed E-state index contributed by atoms with van der Waals surface area (Å²) in [5, 5.41) is 3.51. The molecule has 0 unspecified atom stereocenters. The van der Waals surface area contributed by atoms with Gasteiger partial charge in [-0.2, -0.15) is 0 Å². The van der Waals surface area contributed by atoms with Crippen LogP contribution in [0.4, 0.5) is 5.82 Å².